The third kappa shape index (κ3) is 2.15. The summed E-state index contributed by atoms with van der Waals surface area (Å²) in [4.78, 5) is 24.3. The first-order valence-electron chi connectivity index (χ1n) is 7.58. The number of nitrogens with zero attached hydrogens (tertiary/aromatic N) is 2. The van der Waals surface area contributed by atoms with Gasteiger partial charge in [-0.15, -0.1) is 0 Å². The number of hydrogen-bond acceptors (Lipinski definition) is 2. The van der Waals surface area contributed by atoms with E-state index in [4.69, 9.17) is 10.6 Å². The van der Waals surface area contributed by atoms with Crippen molar-refractivity contribution in [3.8, 4) is 0 Å². The first-order chi connectivity index (χ1) is 9.64. The molecule has 6 saturated carbocycles. The fraction of sp³-hybridized carbons (Fsp3) is 0.812. The second-order valence-electron chi connectivity index (χ2n) is 8.64. The van der Waals surface area contributed by atoms with Crippen molar-refractivity contribution in [3.63, 3.8) is 0 Å². The maximum atomic E-state index is 11.2. The second kappa shape index (κ2) is 4.04. The SMILES string of the molecule is CC12CC(C(=O)C=[N+]=[N-])(C1)C2.CC12CC(CC(=O)O)(C1)C2. The van der Waals surface area contributed by atoms with Crippen LogP contribution in [-0.2, 0) is 9.59 Å². The number of ketones is 1. The van der Waals surface area contributed by atoms with Gasteiger partial charge < -0.3 is 10.6 Å². The summed E-state index contributed by atoms with van der Waals surface area (Å²) in [6.07, 6.45) is 7.90. The Balaban J connectivity index is 0.000000126. The van der Waals surface area contributed by atoms with Gasteiger partial charge in [0.1, 0.15) is 0 Å². The molecule has 0 aromatic rings. The molecule has 4 bridgehead atoms. The second-order valence-corrected chi connectivity index (χ2v) is 8.64. The van der Waals surface area contributed by atoms with Crippen LogP contribution in [0.15, 0.2) is 0 Å². The highest BCUT2D eigenvalue weighted by molar-refractivity contribution is 6.28. The molecule has 0 saturated heterocycles. The normalized spacial score (nSPS) is 47.0. The number of carboxylic acids is 1. The average molecular weight is 290 g/mol. The molecule has 0 amide bonds. The summed E-state index contributed by atoms with van der Waals surface area (Å²) < 4.78 is 0. The van der Waals surface area contributed by atoms with Crippen LogP contribution in [0.3, 0.4) is 0 Å². The van der Waals surface area contributed by atoms with Crippen LogP contribution >= 0.6 is 0 Å². The Morgan fingerprint density at radius 2 is 1.57 bits per heavy atom. The van der Waals surface area contributed by atoms with Gasteiger partial charge in [-0.05, 0) is 54.8 Å². The molecule has 5 nitrogen and oxygen atoms in total. The van der Waals surface area contributed by atoms with Gasteiger partial charge in [0.15, 0.2) is 0 Å². The quantitative estimate of drug-likeness (QED) is 0.490. The van der Waals surface area contributed by atoms with Crippen molar-refractivity contribution in [1.29, 1.82) is 0 Å². The molecule has 6 rings (SSSR count). The minimum atomic E-state index is -0.623. The van der Waals surface area contributed by atoms with Crippen molar-refractivity contribution < 1.29 is 19.5 Å². The molecule has 5 heteroatoms. The lowest BCUT2D eigenvalue weighted by Gasteiger charge is -2.69. The van der Waals surface area contributed by atoms with Crippen LogP contribution in [0.2, 0.25) is 0 Å². The lowest BCUT2D eigenvalue weighted by Crippen LogP contribution is -2.64. The summed E-state index contributed by atoms with van der Waals surface area (Å²) in [7, 11) is 0. The van der Waals surface area contributed by atoms with Gasteiger partial charge in [0.2, 0.25) is 5.78 Å². The van der Waals surface area contributed by atoms with Crippen molar-refractivity contribution in [2.45, 2.75) is 58.8 Å². The molecule has 0 heterocycles. The Labute approximate surface area is 124 Å². The van der Waals surface area contributed by atoms with E-state index in [1.807, 2.05) is 0 Å². The number of Topliss-reactive ketones (excluding diaryl/α,β-unsaturated/α-hetero) is 1. The fourth-order valence-electron chi connectivity index (χ4n) is 5.82. The van der Waals surface area contributed by atoms with E-state index in [2.05, 4.69) is 18.6 Å². The molecular weight excluding hydrogens is 268 g/mol. The molecule has 6 aliphatic rings. The number of rotatable bonds is 4. The third-order valence-corrected chi connectivity index (χ3v) is 5.92. The van der Waals surface area contributed by atoms with E-state index in [9.17, 15) is 9.59 Å². The summed E-state index contributed by atoms with van der Waals surface area (Å²) in [5, 5.41) is 8.52. The van der Waals surface area contributed by atoms with Crippen LogP contribution in [0.1, 0.15) is 58.8 Å². The van der Waals surface area contributed by atoms with Gasteiger partial charge in [0.25, 0.3) is 0 Å². The van der Waals surface area contributed by atoms with Crippen LogP contribution in [0.5, 0.6) is 0 Å². The van der Waals surface area contributed by atoms with E-state index in [1.165, 1.54) is 0 Å². The largest absolute Gasteiger partial charge is 0.481 e. The topological polar surface area (TPSA) is 90.8 Å². The van der Waals surface area contributed by atoms with Crippen molar-refractivity contribution >= 4 is 18.0 Å². The highest BCUT2D eigenvalue weighted by Crippen LogP contribution is 2.74. The zero-order valence-electron chi connectivity index (χ0n) is 12.7. The van der Waals surface area contributed by atoms with Gasteiger partial charge in [-0.3, -0.25) is 9.59 Å². The van der Waals surface area contributed by atoms with Crippen LogP contribution in [0.25, 0.3) is 5.53 Å². The Hall–Kier alpha value is -1.48. The number of aliphatic carboxylic acids is 1. The highest BCUT2D eigenvalue weighted by Gasteiger charge is 2.69. The molecule has 0 spiro atoms. The van der Waals surface area contributed by atoms with E-state index in [0.29, 0.717) is 17.3 Å². The maximum Gasteiger partial charge on any atom is 0.323 e. The number of carbonyl (C=O) groups excluding carboxylic acids is 1. The van der Waals surface area contributed by atoms with Crippen molar-refractivity contribution in [2.24, 2.45) is 21.7 Å². The van der Waals surface area contributed by atoms with E-state index >= 15 is 0 Å². The first kappa shape index (κ1) is 14.5. The molecule has 6 fully saturated rings. The van der Waals surface area contributed by atoms with E-state index < -0.39 is 5.97 Å². The van der Waals surface area contributed by atoms with Gasteiger partial charge in [-0.25, -0.2) is 0 Å². The van der Waals surface area contributed by atoms with Crippen LogP contribution in [0, 0.1) is 21.7 Å². The first-order valence-corrected chi connectivity index (χ1v) is 7.58. The molecule has 1 N–H and O–H groups in total. The molecule has 0 aromatic carbocycles. The van der Waals surface area contributed by atoms with Crippen LogP contribution in [0.4, 0.5) is 0 Å². The minimum absolute atomic E-state index is 0.00345. The van der Waals surface area contributed by atoms with E-state index in [1.54, 1.807) is 0 Å². The summed E-state index contributed by atoms with van der Waals surface area (Å²) in [6.45, 7) is 4.44. The van der Waals surface area contributed by atoms with Crippen LogP contribution < -0.4 is 0 Å². The van der Waals surface area contributed by atoms with Gasteiger partial charge in [-0.2, -0.15) is 4.79 Å². The zero-order chi connectivity index (χ0) is 15.5. The predicted octanol–water partition coefficient (Wildman–Crippen LogP) is 2.70. The molecule has 6 aliphatic carbocycles. The average Bonchev–Trinajstić information content (AvgIpc) is 2.20. The smallest absolute Gasteiger partial charge is 0.323 e. The summed E-state index contributed by atoms with van der Waals surface area (Å²) in [5.74, 6) is -0.620. The van der Waals surface area contributed by atoms with E-state index in [-0.39, 0.29) is 16.6 Å². The zero-order valence-corrected chi connectivity index (χ0v) is 12.7. The van der Waals surface area contributed by atoms with Crippen molar-refractivity contribution in [2.75, 3.05) is 0 Å². The standard InChI is InChI=1S/C8H10N2O.C8H12O2/c1-7-3-8(4-7,5-7)6(11)2-10-9;1-7-3-8(4-7,5-7)2-6(9)10/h2H,3-5H2,1H3;2-5H2,1H3,(H,9,10). The van der Waals surface area contributed by atoms with Crippen molar-refractivity contribution in [3.05, 3.63) is 5.53 Å². The molecule has 21 heavy (non-hydrogen) atoms. The lowest BCUT2D eigenvalue weighted by atomic mass is 9.35. The molecule has 0 aromatic heterocycles. The minimum Gasteiger partial charge on any atom is -0.481 e. The molecular formula is C16H22N2O3. The van der Waals surface area contributed by atoms with Gasteiger partial charge in [0.05, 0.1) is 6.42 Å². The van der Waals surface area contributed by atoms with Crippen LogP contribution in [-0.4, -0.2) is 27.9 Å². The van der Waals surface area contributed by atoms with Gasteiger partial charge in [0, 0.05) is 5.41 Å². The number of carbonyl (C=O) groups is 2. The highest BCUT2D eigenvalue weighted by atomic mass is 16.4. The number of carboxylic acid groups (broad SMARTS) is 1. The Morgan fingerprint density at radius 1 is 1.10 bits per heavy atom. The van der Waals surface area contributed by atoms with Gasteiger partial charge in [-0.1, -0.05) is 13.8 Å². The number of hydrogen-bond donors (Lipinski definition) is 1. The summed E-state index contributed by atoms with van der Waals surface area (Å²) in [6, 6.07) is 0. The molecule has 0 aliphatic heterocycles. The fourth-order valence-corrected chi connectivity index (χ4v) is 5.82. The third-order valence-electron chi connectivity index (χ3n) is 5.92. The Bertz CT molecular complexity index is 535. The maximum absolute atomic E-state index is 11.2. The monoisotopic (exact) mass is 290 g/mol. The van der Waals surface area contributed by atoms with Gasteiger partial charge >= 0.3 is 12.2 Å². The lowest BCUT2D eigenvalue weighted by molar-refractivity contribution is -0.201. The molecule has 0 radical (unpaired) electrons. The molecule has 114 valence electrons. The molecule has 0 unspecified atom stereocenters. The van der Waals surface area contributed by atoms with E-state index in [0.717, 1.165) is 44.7 Å². The van der Waals surface area contributed by atoms with Crippen molar-refractivity contribution in [1.82, 2.24) is 0 Å². The predicted molar refractivity (Wildman–Crippen MR) is 75.7 cm³/mol. The Morgan fingerprint density at radius 3 is 1.90 bits per heavy atom. The Kier molecular flexibility index (Phi) is 2.78. The summed E-state index contributed by atoms with van der Waals surface area (Å²) >= 11 is 0. The summed E-state index contributed by atoms with van der Waals surface area (Å²) in [5.41, 5.74) is 9.28. The molecule has 0 atom stereocenters.